The van der Waals surface area contributed by atoms with Crippen LogP contribution in [0.1, 0.15) is 37.7 Å². The van der Waals surface area contributed by atoms with Gasteiger partial charge in [0.25, 0.3) is 0 Å². The highest BCUT2D eigenvalue weighted by atomic mass is 79.9. The highest BCUT2D eigenvalue weighted by Gasteiger charge is 2.45. The zero-order valence-corrected chi connectivity index (χ0v) is 11.0. The zero-order chi connectivity index (χ0) is 11.2. The molecule has 2 heteroatoms. The van der Waals surface area contributed by atoms with E-state index in [9.17, 15) is 0 Å². The zero-order valence-electron chi connectivity index (χ0n) is 9.38. The van der Waals surface area contributed by atoms with Gasteiger partial charge in [0.15, 0.2) is 0 Å². The van der Waals surface area contributed by atoms with Crippen LogP contribution in [-0.2, 0) is 5.41 Å². The van der Waals surface area contributed by atoms with Crippen LogP contribution in [0.15, 0.2) is 28.7 Å². The fraction of sp³-hybridized carbons (Fsp3) is 0.500. The summed E-state index contributed by atoms with van der Waals surface area (Å²) in [6, 6.07) is 9.21. The largest absolute Gasteiger partial charge is 0.327 e. The monoisotopic (exact) mass is 278 g/mol. The predicted molar refractivity (Wildman–Crippen MR) is 70.1 cm³/mol. The number of hydrogen-bond donors (Lipinski definition) is 1. The Labute approximate surface area is 106 Å². The summed E-state index contributed by atoms with van der Waals surface area (Å²) < 4.78 is 1.16. The van der Waals surface area contributed by atoms with Crippen molar-refractivity contribution in [3.63, 3.8) is 0 Å². The summed E-state index contributed by atoms with van der Waals surface area (Å²) in [6.45, 7) is 0. The van der Waals surface area contributed by atoms with Crippen LogP contribution in [0, 0.1) is 5.92 Å². The Balaban J connectivity index is 1.95. The molecule has 85 valence electrons. The number of nitrogens with two attached hydrogens (primary N) is 1. The van der Waals surface area contributed by atoms with Gasteiger partial charge >= 0.3 is 0 Å². The van der Waals surface area contributed by atoms with Crippen LogP contribution in [0.3, 0.4) is 0 Å². The Bertz CT molecular complexity index is 376. The van der Waals surface area contributed by atoms with Gasteiger partial charge in [-0.25, -0.2) is 0 Å². The van der Waals surface area contributed by atoms with E-state index in [0.717, 1.165) is 10.9 Å². The molecule has 0 heterocycles. The lowest BCUT2D eigenvalue weighted by Crippen LogP contribution is -2.48. The Morgan fingerprint density at radius 1 is 1.12 bits per heavy atom. The van der Waals surface area contributed by atoms with E-state index in [-0.39, 0.29) is 0 Å². The van der Waals surface area contributed by atoms with Crippen LogP contribution in [0.5, 0.6) is 0 Å². The van der Waals surface area contributed by atoms with Crippen LogP contribution in [0.4, 0.5) is 0 Å². The van der Waals surface area contributed by atoms with Crippen molar-refractivity contribution in [1.82, 2.24) is 0 Å². The molecule has 0 aromatic heterocycles. The van der Waals surface area contributed by atoms with Crippen molar-refractivity contribution in [2.45, 2.75) is 43.6 Å². The van der Waals surface area contributed by atoms with Crippen molar-refractivity contribution >= 4 is 15.9 Å². The Morgan fingerprint density at radius 2 is 1.75 bits per heavy atom. The molecule has 0 spiro atoms. The predicted octanol–water partition coefficient (Wildman–Crippen LogP) is 3.57. The molecule has 1 aromatic rings. The molecule has 16 heavy (non-hydrogen) atoms. The molecule has 3 fully saturated rings. The molecule has 1 unspecified atom stereocenters. The van der Waals surface area contributed by atoms with Crippen LogP contribution in [-0.4, -0.2) is 6.04 Å². The van der Waals surface area contributed by atoms with Crippen LogP contribution in [0.25, 0.3) is 0 Å². The summed E-state index contributed by atoms with van der Waals surface area (Å²) in [4.78, 5) is 0. The van der Waals surface area contributed by atoms with Gasteiger partial charge in [-0.15, -0.1) is 0 Å². The van der Waals surface area contributed by atoms with Crippen molar-refractivity contribution in [3.8, 4) is 0 Å². The van der Waals surface area contributed by atoms with Gasteiger partial charge in [-0.3, -0.25) is 0 Å². The molecule has 2 bridgehead atoms. The normalized spacial score (nSPS) is 34.2. The average molecular weight is 279 g/mol. The number of hydrogen-bond acceptors (Lipinski definition) is 1. The third-order valence-corrected chi connectivity index (χ3v) is 4.97. The second-order valence-corrected chi connectivity index (χ2v) is 6.17. The van der Waals surface area contributed by atoms with Gasteiger partial charge in [0.05, 0.1) is 0 Å². The molecule has 1 radical (unpaired) electrons. The van der Waals surface area contributed by atoms with Crippen molar-refractivity contribution in [2.24, 2.45) is 5.73 Å². The molecular formula is C14H17BrN. The van der Waals surface area contributed by atoms with E-state index in [0.29, 0.717) is 11.5 Å². The van der Waals surface area contributed by atoms with E-state index in [1.54, 1.807) is 5.92 Å². The van der Waals surface area contributed by atoms with Gasteiger partial charge < -0.3 is 5.73 Å². The lowest BCUT2D eigenvalue weighted by atomic mass is 9.56. The Morgan fingerprint density at radius 3 is 2.31 bits per heavy atom. The average Bonchev–Trinajstić information content (AvgIpc) is 2.31. The molecule has 3 aliphatic rings. The van der Waals surface area contributed by atoms with Crippen molar-refractivity contribution in [1.29, 1.82) is 0 Å². The topological polar surface area (TPSA) is 26.0 Å². The van der Waals surface area contributed by atoms with Gasteiger partial charge in [0, 0.05) is 10.5 Å². The molecular weight excluding hydrogens is 262 g/mol. The molecule has 1 atom stereocenters. The lowest BCUT2D eigenvalue weighted by Gasteiger charge is -2.50. The first kappa shape index (κ1) is 10.8. The molecule has 2 N–H and O–H groups in total. The van der Waals surface area contributed by atoms with E-state index >= 15 is 0 Å². The molecule has 1 aromatic carbocycles. The summed E-state index contributed by atoms with van der Waals surface area (Å²) in [6.07, 6.45) is 6.26. The number of fused-ring (bicyclic) bond motifs is 3. The third kappa shape index (κ3) is 1.63. The quantitative estimate of drug-likeness (QED) is 0.835. The molecule has 3 aliphatic carbocycles. The smallest absolute Gasteiger partial charge is 0.0175 e. The first-order valence-corrected chi connectivity index (χ1v) is 6.85. The van der Waals surface area contributed by atoms with E-state index in [4.69, 9.17) is 5.73 Å². The number of rotatable bonds is 1. The van der Waals surface area contributed by atoms with Crippen LogP contribution < -0.4 is 5.73 Å². The van der Waals surface area contributed by atoms with E-state index in [1.807, 2.05) is 0 Å². The summed E-state index contributed by atoms with van der Waals surface area (Å²) in [5.74, 6) is 1.61. The third-order valence-electron chi connectivity index (χ3n) is 4.44. The number of benzene rings is 1. The lowest BCUT2D eigenvalue weighted by molar-refractivity contribution is 0.203. The summed E-state index contributed by atoms with van der Waals surface area (Å²) in [5.41, 5.74) is 8.09. The first-order chi connectivity index (χ1) is 7.70. The Hall–Kier alpha value is -0.340. The standard InChI is InChI=1S/C14H17BrN/c15-12-3-1-11(2-4-12)14-7-5-10(6-8-14)13(16)9-14/h1-4,13H,5-9,16H2. The fourth-order valence-electron chi connectivity index (χ4n) is 3.40. The fourth-order valence-corrected chi connectivity index (χ4v) is 3.66. The van der Waals surface area contributed by atoms with Crippen molar-refractivity contribution in [3.05, 3.63) is 40.2 Å². The minimum Gasteiger partial charge on any atom is -0.327 e. The summed E-state index contributed by atoms with van der Waals surface area (Å²) in [5, 5.41) is 0. The van der Waals surface area contributed by atoms with Gasteiger partial charge in [-0.05, 0) is 61.1 Å². The van der Waals surface area contributed by atoms with Crippen molar-refractivity contribution < 1.29 is 0 Å². The van der Waals surface area contributed by atoms with Crippen molar-refractivity contribution in [2.75, 3.05) is 0 Å². The van der Waals surface area contributed by atoms with Gasteiger partial charge in [0.2, 0.25) is 0 Å². The molecule has 3 saturated carbocycles. The molecule has 0 saturated heterocycles. The SMILES string of the molecule is NC1CC2(c3ccc(Br)cc3)CC[C]1CC2. The van der Waals surface area contributed by atoms with E-state index in [1.165, 1.54) is 31.2 Å². The summed E-state index contributed by atoms with van der Waals surface area (Å²) in [7, 11) is 0. The van der Waals surface area contributed by atoms with E-state index < -0.39 is 0 Å². The molecule has 0 aliphatic heterocycles. The molecule has 1 nitrogen and oxygen atoms in total. The summed E-state index contributed by atoms with van der Waals surface area (Å²) >= 11 is 3.50. The van der Waals surface area contributed by atoms with E-state index in [2.05, 4.69) is 40.2 Å². The highest BCUT2D eigenvalue weighted by molar-refractivity contribution is 9.10. The molecule has 0 amide bonds. The second-order valence-electron chi connectivity index (χ2n) is 5.26. The second kappa shape index (κ2) is 3.85. The highest BCUT2D eigenvalue weighted by Crippen LogP contribution is 2.52. The Kier molecular flexibility index (Phi) is 2.60. The van der Waals surface area contributed by atoms with Gasteiger partial charge in [-0.1, -0.05) is 28.1 Å². The van der Waals surface area contributed by atoms with Crippen LogP contribution in [0.2, 0.25) is 0 Å². The minimum absolute atomic E-state index is 0.353. The minimum atomic E-state index is 0.353. The molecule has 4 rings (SSSR count). The van der Waals surface area contributed by atoms with Gasteiger partial charge in [0.1, 0.15) is 0 Å². The van der Waals surface area contributed by atoms with Gasteiger partial charge in [-0.2, -0.15) is 0 Å². The first-order valence-electron chi connectivity index (χ1n) is 6.06. The van der Waals surface area contributed by atoms with Crippen LogP contribution >= 0.6 is 15.9 Å². The maximum absolute atomic E-state index is 6.23. The maximum atomic E-state index is 6.23. The number of halogens is 1. The maximum Gasteiger partial charge on any atom is 0.0175 e.